The highest BCUT2D eigenvalue weighted by molar-refractivity contribution is 5.92. The van der Waals surface area contributed by atoms with E-state index in [1.165, 1.54) is 19.9 Å². The van der Waals surface area contributed by atoms with E-state index in [1.807, 2.05) is 6.07 Å². The second-order valence-electron chi connectivity index (χ2n) is 7.64. The summed E-state index contributed by atoms with van der Waals surface area (Å²) in [5.41, 5.74) is 0.393. The van der Waals surface area contributed by atoms with Crippen LogP contribution < -0.4 is 5.32 Å². The minimum absolute atomic E-state index is 0.140. The molecule has 31 heavy (non-hydrogen) atoms. The lowest BCUT2D eigenvalue weighted by molar-refractivity contribution is -0.141. The van der Waals surface area contributed by atoms with E-state index in [4.69, 9.17) is 4.52 Å². The van der Waals surface area contributed by atoms with Crippen LogP contribution in [-0.2, 0) is 13.2 Å². The summed E-state index contributed by atoms with van der Waals surface area (Å²) in [6.07, 6.45) is 1.70. The van der Waals surface area contributed by atoms with Gasteiger partial charge in [0.05, 0.1) is 0 Å². The summed E-state index contributed by atoms with van der Waals surface area (Å²) in [7, 11) is 1.27. The Morgan fingerprint density at radius 3 is 2.71 bits per heavy atom. The molecule has 1 atom stereocenters. The van der Waals surface area contributed by atoms with Crippen molar-refractivity contribution >= 4 is 5.91 Å². The van der Waals surface area contributed by atoms with E-state index >= 15 is 0 Å². The molecule has 8 nitrogen and oxygen atoms in total. The monoisotopic (exact) mass is 434 g/mol. The number of carbonyl (C=O) groups excluding carboxylic acids is 1. The zero-order valence-corrected chi connectivity index (χ0v) is 17.0. The van der Waals surface area contributed by atoms with Crippen molar-refractivity contribution in [2.24, 2.45) is 7.05 Å². The summed E-state index contributed by atoms with van der Waals surface area (Å²) >= 11 is 0. The Labute approximate surface area is 175 Å². The quantitative estimate of drug-likeness (QED) is 0.651. The summed E-state index contributed by atoms with van der Waals surface area (Å²) in [5.74, 6) is 0.202. The average Bonchev–Trinajstić information content (AvgIpc) is 3.47. The number of carbonyl (C=O) groups is 1. The van der Waals surface area contributed by atoms with Gasteiger partial charge in [-0.1, -0.05) is 18.0 Å². The summed E-state index contributed by atoms with van der Waals surface area (Å²) in [4.78, 5) is 21.2. The van der Waals surface area contributed by atoms with E-state index in [0.717, 1.165) is 28.8 Å². The predicted molar refractivity (Wildman–Crippen MR) is 103 cm³/mol. The summed E-state index contributed by atoms with van der Waals surface area (Å²) < 4.78 is 44.6. The van der Waals surface area contributed by atoms with E-state index in [1.54, 1.807) is 19.2 Å². The standard InChI is InChI=1S/C20H21F3N6O2/c1-11(25-18(30)15-10-16(20(21,22)23)27-29(15)2)19-26-17(28-31-19)13-7-8-24-14(9-13)12-5-3-4-6-12/h7-12H,3-6H2,1-2H3,(H,25,30)/t11-/m0/s1. The molecule has 11 heteroatoms. The van der Waals surface area contributed by atoms with Gasteiger partial charge in [0.2, 0.25) is 11.7 Å². The fourth-order valence-electron chi connectivity index (χ4n) is 3.71. The normalized spacial score (nSPS) is 15.9. The molecule has 1 fully saturated rings. The van der Waals surface area contributed by atoms with Gasteiger partial charge in [-0.25, -0.2) is 0 Å². The number of aryl methyl sites for hydroxylation is 1. The molecule has 1 saturated carbocycles. The first-order chi connectivity index (χ1) is 14.7. The second-order valence-corrected chi connectivity index (χ2v) is 7.64. The summed E-state index contributed by atoms with van der Waals surface area (Å²) in [6, 6.07) is 3.71. The van der Waals surface area contributed by atoms with Crippen LogP contribution in [0.1, 0.15) is 72.3 Å². The van der Waals surface area contributed by atoms with Crippen molar-refractivity contribution in [1.82, 2.24) is 30.2 Å². The number of amides is 1. The highest BCUT2D eigenvalue weighted by Gasteiger charge is 2.35. The van der Waals surface area contributed by atoms with Crippen molar-refractivity contribution < 1.29 is 22.5 Å². The Hall–Kier alpha value is -3.24. The number of rotatable bonds is 5. The smallest absolute Gasteiger partial charge is 0.339 e. The highest BCUT2D eigenvalue weighted by Crippen LogP contribution is 2.34. The van der Waals surface area contributed by atoms with E-state index in [2.05, 4.69) is 25.5 Å². The van der Waals surface area contributed by atoms with Crippen molar-refractivity contribution in [3.05, 3.63) is 47.4 Å². The van der Waals surface area contributed by atoms with Crippen LogP contribution in [0, 0.1) is 0 Å². The molecule has 0 aromatic carbocycles. The molecule has 164 valence electrons. The van der Waals surface area contributed by atoms with Gasteiger partial charge < -0.3 is 9.84 Å². The molecule has 0 unspecified atom stereocenters. The van der Waals surface area contributed by atoms with E-state index in [9.17, 15) is 18.0 Å². The molecule has 1 amide bonds. The largest absolute Gasteiger partial charge is 0.435 e. The topological polar surface area (TPSA) is 98.7 Å². The van der Waals surface area contributed by atoms with Crippen LogP contribution in [0.4, 0.5) is 13.2 Å². The maximum atomic E-state index is 12.8. The molecule has 1 aliphatic rings. The number of alkyl halides is 3. The van der Waals surface area contributed by atoms with Crippen LogP contribution in [0.5, 0.6) is 0 Å². The predicted octanol–water partition coefficient (Wildman–Crippen LogP) is 4.03. The molecule has 0 radical (unpaired) electrons. The van der Waals surface area contributed by atoms with Crippen LogP contribution in [0.3, 0.4) is 0 Å². The molecular weight excluding hydrogens is 413 g/mol. The number of pyridine rings is 1. The molecule has 3 heterocycles. The molecule has 0 aliphatic heterocycles. The van der Waals surface area contributed by atoms with Crippen LogP contribution >= 0.6 is 0 Å². The summed E-state index contributed by atoms with van der Waals surface area (Å²) in [5, 5.41) is 9.88. The van der Waals surface area contributed by atoms with Crippen LogP contribution in [0.25, 0.3) is 11.4 Å². The third-order valence-electron chi connectivity index (χ3n) is 5.38. The molecular formula is C20H21F3N6O2. The molecule has 1 N–H and O–H groups in total. The van der Waals surface area contributed by atoms with Crippen molar-refractivity contribution in [3.63, 3.8) is 0 Å². The van der Waals surface area contributed by atoms with Gasteiger partial charge in [0, 0.05) is 36.5 Å². The average molecular weight is 434 g/mol. The number of hydrogen-bond acceptors (Lipinski definition) is 6. The first kappa shape index (κ1) is 21.0. The Morgan fingerprint density at radius 1 is 1.29 bits per heavy atom. The molecule has 0 spiro atoms. The van der Waals surface area contributed by atoms with Crippen molar-refractivity contribution in [3.8, 4) is 11.4 Å². The first-order valence-electron chi connectivity index (χ1n) is 9.94. The Kier molecular flexibility index (Phi) is 5.50. The Bertz CT molecular complexity index is 1080. The highest BCUT2D eigenvalue weighted by atomic mass is 19.4. The number of nitrogens with zero attached hydrogens (tertiary/aromatic N) is 5. The molecule has 3 aromatic rings. The lowest BCUT2D eigenvalue weighted by Gasteiger charge is -2.09. The van der Waals surface area contributed by atoms with Crippen LogP contribution in [0.2, 0.25) is 0 Å². The van der Waals surface area contributed by atoms with Crippen LogP contribution in [-0.4, -0.2) is 30.8 Å². The van der Waals surface area contributed by atoms with Gasteiger partial charge in [-0.3, -0.25) is 14.5 Å². The maximum absolute atomic E-state index is 12.8. The van der Waals surface area contributed by atoms with Gasteiger partial charge in [0.25, 0.3) is 5.91 Å². The number of halogens is 3. The molecule has 0 bridgehead atoms. The van der Waals surface area contributed by atoms with Gasteiger partial charge >= 0.3 is 6.18 Å². The number of nitrogens with one attached hydrogen (secondary N) is 1. The third-order valence-corrected chi connectivity index (χ3v) is 5.38. The van der Waals surface area contributed by atoms with E-state index in [0.29, 0.717) is 17.8 Å². The molecule has 1 aliphatic carbocycles. The van der Waals surface area contributed by atoms with Crippen molar-refractivity contribution in [1.29, 1.82) is 0 Å². The Morgan fingerprint density at radius 2 is 2.03 bits per heavy atom. The second kappa shape index (κ2) is 8.12. The fourth-order valence-corrected chi connectivity index (χ4v) is 3.71. The van der Waals surface area contributed by atoms with Gasteiger partial charge in [-0.15, -0.1) is 0 Å². The zero-order chi connectivity index (χ0) is 22.2. The third kappa shape index (κ3) is 4.44. The minimum Gasteiger partial charge on any atom is -0.339 e. The molecule has 3 aromatic heterocycles. The van der Waals surface area contributed by atoms with Gasteiger partial charge in [-0.2, -0.15) is 23.3 Å². The zero-order valence-electron chi connectivity index (χ0n) is 17.0. The SMILES string of the molecule is C[C@H](NC(=O)c1cc(C(F)(F)F)nn1C)c1nc(-c2ccnc(C3CCCC3)c2)no1. The van der Waals surface area contributed by atoms with E-state index in [-0.39, 0.29) is 11.6 Å². The Balaban J connectivity index is 1.47. The van der Waals surface area contributed by atoms with Gasteiger partial charge in [0.1, 0.15) is 11.7 Å². The van der Waals surface area contributed by atoms with Crippen molar-refractivity contribution in [2.75, 3.05) is 0 Å². The molecule has 0 saturated heterocycles. The maximum Gasteiger partial charge on any atom is 0.435 e. The first-order valence-corrected chi connectivity index (χ1v) is 9.94. The fraction of sp³-hybridized carbons (Fsp3) is 0.450. The lowest BCUT2D eigenvalue weighted by Crippen LogP contribution is -2.28. The number of hydrogen-bond donors (Lipinski definition) is 1. The van der Waals surface area contributed by atoms with Crippen LogP contribution in [0.15, 0.2) is 28.9 Å². The van der Waals surface area contributed by atoms with Gasteiger partial charge in [0.15, 0.2) is 5.69 Å². The van der Waals surface area contributed by atoms with Crippen molar-refractivity contribution in [2.45, 2.75) is 50.7 Å². The number of aromatic nitrogens is 5. The lowest BCUT2D eigenvalue weighted by atomic mass is 10.0. The van der Waals surface area contributed by atoms with Gasteiger partial charge in [-0.05, 0) is 31.9 Å². The summed E-state index contributed by atoms with van der Waals surface area (Å²) in [6.45, 7) is 1.60. The molecule has 4 rings (SSSR count). The van der Waals surface area contributed by atoms with E-state index < -0.39 is 23.8 Å². The minimum atomic E-state index is -4.63.